The molecule has 3 atom stereocenters. The van der Waals surface area contributed by atoms with Gasteiger partial charge in [-0.15, -0.1) is 16.8 Å². The molecule has 0 aliphatic carbocycles. The number of nitrogens with one attached hydrogen (secondary N) is 4. The van der Waals surface area contributed by atoms with Gasteiger partial charge in [0.15, 0.2) is 5.13 Å². The Morgan fingerprint density at radius 3 is 2.56 bits per heavy atom. The topological polar surface area (TPSA) is 298 Å². The number of β-lactam (4-membered cyclic amide) rings is 1. The maximum absolute atomic E-state index is 13.3. The molecule has 0 radical (unpaired) electrons. The normalized spacial score (nSPS) is 22.1. The van der Waals surface area contributed by atoms with Crippen LogP contribution in [0, 0.1) is 0 Å². The van der Waals surface area contributed by atoms with Crippen LogP contribution in [-0.2, 0) is 24.0 Å². The molecule has 1 aromatic heterocycles. The molecule has 45 heavy (non-hydrogen) atoms. The summed E-state index contributed by atoms with van der Waals surface area (Å²) >= 11 is 1.99. The van der Waals surface area contributed by atoms with E-state index in [1.54, 1.807) is 12.1 Å². The Morgan fingerprint density at radius 2 is 1.96 bits per heavy atom. The van der Waals surface area contributed by atoms with Crippen LogP contribution in [0.1, 0.15) is 19.7 Å². The number of hydrogen-bond acceptors (Lipinski definition) is 15. The lowest BCUT2D eigenvalue weighted by Gasteiger charge is -2.49. The predicted molar refractivity (Wildman–Crippen MR) is 159 cm³/mol. The SMILES string of the molecule is C[NH+]1C(N)=C(NC(=O)NCCN)CN1CC1=C(C(=O)O)N2C(=O)[C@@H](NC(=O)/C(=N/OC(C)(C)C(=O)O)c3nsc(N)n3)[C@H]2SC1. The summed E-state index contributed by atoms with van der Waals surface area (Å²) in [5.74, 6) is -4.05. The van der Waals surface area contributed by atoms with Gasteiger partial charge in [0.2, 0.25) is 23.0 Å². The molecule has 0 spiro atoms. The van der Waals surface area contributed by atoms with Crippen molar-refractivity contribution in [3.8, 4) is 0 Å². The molecule has 12 N–H and O–H groups in total. The van der Waals surface area contributed by atoms with Crippen molar-refractivity contribution in [1.82, 2.24) is 35.2 Å². The number of hydrogen-bond donors (Lipinski definition) is 9. The van der Waals surface area contributed by atoms with E-state index in [1.165, 1.54) is 25.6 Å². The highest BCUT2D eigenvalue weighted by atomic mass is 32.2. The fourth-order valence-corrected chi connectivity index (χ4v) is 6.16. The predicted octanol–water partition coefficient (Wildman–Crippen LogP) is -4.43. The maximum atomic E-state index is 13.3. The summed E-state index contributed by atoms with van der Waals surface area (Å²) in [6.45, 7) is 3.26. The molecule has 22 heteroatoms. The van der Waals surface area contributed by atoms with E-state index in [1.807, 2.05) is 0 Å². The van der Waals surface area contributed by atoms with Crippen LogP contribution in [0.5, 0.6) is 0 Å². The zero-order valence-corrected chi connectivity index (χ0v) is 26.0. The van der Waals surface area contributed by atoms with E-state index in [2.05, 4.69) is 30.5 Å². The third kappa shape index (κ3) is 6.93. The number of carboxylic acids is 2. The van der Waals surface area contributed by atoms with Gasteiger partial charge in [-0.1, -0.05) is 5.16 Å². The van der Waals surface area contributed by atoms with Gasteiger partial charge in [-0.05, 0) is 19.4 Å². The first-order valence-corrected chi connectivity index (χ1v) is 15.1. The number of nitrogens with zero attached hydrogens (tertiary/aromatic N) is 5. The number of carboxylic acid groups (broad SMARTS) is 2. The van der Waals surface area contributed by atoms with Gasteiger partial charge in [-0.2, -0.15) is 9.36 Å². The molecule has 3 aliphatic heterocycles. The van der Waals surface area contributed by atoms with Crippen molar-refractivity contribution >= 4 is 63.9 Å². The van der Waals surface area contributed by atoms with E-state index in [0.29, 0.717) is 22.1 Å². The Labute approximate surface area is 263 Å². The second-order valence-electron chi connectivity index (χ2n) is 10.4. The van der Waals surface area contributed by atoms with Crippen LogP contribution in [-0.4, -0.2) is 121 Å². The number of amides is 4. The van der Waals surface area contributed by atoms with Crippen LogP contribution in [0.25, 0.3) is 0 Å². The number of aliphatic carboxylic acids is 2. The highest BCUT2D eigenvalue weighted by Gasteiger charge is 2.55. The minimum Gasteiger partial charge on any atom is -0.478 e. The van der Waals surface area contributed by atoms with Gasteiger partial charge in [0.05, 0.1) is 20.1 Å². The second kappa shape index (κ2) is 13.2. The summed E-state index contributed by atoms with van der Waals surface area (Å²) in [5.41, 5.74) is 15.5. The van der Waals surface area contributed by atoms with Gasteiger partial charge in [-0.3, -0.25) is 14.5 Å². The summed E-state index contributed by atoms with van der Waals surface area (Å²) in [6.07, 6.45) is 0. The molecule has 244 valence electrons. The largest absolute Gasteiger partial charge is 0.478 e. The first kappa shape index (κ1) is 33.4. The van der Waals surface area contributed by atoms with Crippen molar-refractivity contribution < 1.29 is 44.0 Å². The van der Waals surface area contributed by atoms with E-state index in [4.69, 9.17) is 22.0 Å². The summed E-state index contributed by atoms with van der Waals surface area (Å²) < 4.78 is 3.92. The lowest BCUT2D eigenvalue weighted by molar-refractivity contribution is -0.957. The fraction of sp³-hybridized carbons (Fsp3) is 0.478. The van der Waals surface area contributed by atoms with Crippen LogP contribution in [0.4, 0.5) is 9.93 Å². The number of nitrogen functional groups attached to an aromatic ring is 1. The zero-order chi connectivity index (χ0) is 33.2. The summed E-state index contributed by atoms with van der Waals surface area (Å²) in [6, 6.07) is -1.62. The van der Waals surface area contributed by atoms with Crippen LogP contribution < -0.4 is 38.2 Å². The Morgan fingerprint density at radius 1 is 1.24 bits per heavy atom. The van der Waals surface area contributed by atoms with E-state index < -0.39 is 52.5 Å². The van der Waals surface area contributed by atoms with Crippen molar-refractivity contribution in [3.05, 3.63) is 28.6 Å². The van der Waals surface area contributed by atoms with Gasteiger partial charge in [0.1, 0.15) is 22.8 Å². The van der Waals surface area contributed by atoms with E-state index in [-0.39, 0.29) is 48.6 Å². The summed E-state index contributed by atoms with van der Waals surface area (Å²) in [7, 11) is 1.73. The lowest BCUT2D eigenvalue weighted by Crippen LogP contribution is -3.13. The minimum atomic E-state index is -1.81. The zero-order valence-electron chi connectivity index (χ0n) is 24.3. The number of carbonyl (C=O) groups excluding carboxylic acids is 3. The van der Waals surface area contributed by atoms with Gasteiger partial charge in [0, 0.05) is 30.4 Å². The number of aromatic nitrogens is 2. The van der Waals surface area contributed by atoms with Crippen molar-refractivity contribution in [2.45, 2.75) is 30.9 Å². The van der Waals surface area contributed by atoms with Crippen molar-refractivity contribution in [2.24, 2.45) is 16.6 Å². The lowest BCUT2D eigenvalue weighted by atomic mass is 10.0. The van der Waals surface area contributed by atoms with Crippen LogP contribution >= 0.6 is 23.3 Å². The van der Waals surface area contributed by atoms with Crippen LogP contribution in [0.3, 0.4) is 0 Å². The summed E-state index contributed by atoms with van der Waals surface area (Å²) in [5, 5.41) is 32.5. The number of urea groups is 1. The Balaban J connectivity index is 1.49. The molecule has 0 saturated carbocycles. The number of rotatable bonds is 12. The standard InChI is InChI=1S/C23H32N12O8S2/c1-23(2,20(40)41)43-31-11(15-30-21(26)45-32-15)16(36)29-12-17(37)35-13(19(38)39)9(8-44-18(12)35)6-34-7-10(14(25)33(34)3)28-22(42)27-5-4-24/h12,18H,4-8,24-25H2,1-3H3,(H,29,36)(H,38,39)(H,40,41)(H2,26,30,32)(H2,27,28,42)/p+1/b31-11+/t12-,18-/m1/s1. The smallest absolute Gasteiger partial charge is 0.352 e. The van der Waals surface area contributed by atoms with Crippen molar-refractivity contribution in [1.29, 1.82) is 0 Å². The second-order valence-corrected chi connectivity index (χ2v) is 12.3. The van der Waals surface area contributed by atoms with E-state index in [9.17, 15) is 34.2 Å². The van der Waals surface area contributed by atoms with Gasteiger partial charge in [-0.25, -0.2) is 19.4 Å². The van der Waals surface area contributed by atoms with Crippen molar-refractivity contribution in [3.63, 3.8) is 0 Å². The number of nitrogens with two attached hydrogens (primary N) is 3. The first-order chi connectivity index (χ1) is 21.2. The molecular weight excluding hydrogens is 636 g/mol. The molecule has 4 amide bonds. The highest BCUT2D eigenvalue weighted by Crippen LogP contribution is 2.40. The Hall–Kier alpha value is -4.51. The molecule has 0 bridgehead atoms. The molecule has 3 aliphatic rings. The quantitative estimate of drug-likeness (QED) is 0.0576. The average Bonchev–Trinajstić information content (AvgIpc) is 3.52. The number of oxime groups is 1. The maximum Gasteiger partial charge on any atom is 0.352 e. The number of carbonyl (C=O) groups is 5. The van der Waals surface area contributed by atoms with Crippen LogP contribution in [0.2, 0.25) is 0 Å². The number of quaternary nitrogens is 1. The monoisotopic (exact) mass is 669 g/mol. The first-order valence-electron chi connectivity index (χ1n) is 13.3. The molecule has 1 unspecified atom stereocenters. The number of anilines is 1. The molecule has 4 rings (SSSR count). The van der Waals surface area contributed by atoms with Gasteiger partial charge >= 0.3 is 18.0 Å². The third-order valence-electron chi connectivity index (χ3n) is 6.90. The number of thioether (sulfide) groups is 1. The molecule has 1 fully saturated rings. The average molecular weight is 670 g/mol. The van der Waals surface area contributed by atoms with E-state index >= 15 is 0 Å². The van der Waals surface area contributed by atoms with Crippen molar-refractivity contribution in [2.75, 3.05) is 44.7 Å². The molecule has 0 aromatic carbocycles. The molecule has 4 heterocycles. The molecule has 20 nitrogen and oxygen atoms in total. The van der Waals surface area contributed by atoms with E-state index in [0.717, 1.165) is 16.4 Å². The molecule has 1 saturated heterocycles. The minimum absolute atomic E-state index is 0.000645. The Kier molecular flexibility index (Phi) is 9.82. The highest BCUT2D eigenvalue weighted by molar-refractivity contribution is 8.00. The van der Waals surface area contributed by atoms with Crippen LogP contribution in [0.15, 0.2) is 27.9 Å². The number of fused-ring (bicyclic) bond motifs is 1. The Bertz CT molecular complexity index is 1510. The molecule has 1 aromatic rings. The summed E-state index contributed by atoms with van der Waals surface area (Å²) in [4.78, 5) is 72.5. The van der Waals surface area contributed by atoms with Gasteiger partial charge < -0.3 is 48.2 Å². The third-order valence-corrected chi connectivity index (χ3v) is 8.78. The fourth-order valence-electron chi connectivity index (χ4n) is 4.39. The van der Waals surface area contributed by atoms with Gasteiger partial charge in [0.25, 0.3) is 11.8 Å². The molecular formula is C23H33N12O8S2+.